The van der Waals surface area contributed by atoms with Crippen molar-refractivity contribution < 1.29 is 23.8 Å². The number of amides is 1. The predicted molar refractivity (Wildman–Crippen MR) is 102 cm³/mol. The number of aliphatic hydroxyl groups is 1. The van der Waals surface area contributed by atoms with Crippen molar-refractivity contribution in [2.24, 2.45) is 0 Å². The molecule has 0 aliphatic carbocycles. The van der Waals surface area contributed by atoms with Crippen LogP contribution in [0.25, 0.3) is 11.3 Å². The molecule has 0 unspecified atom stereocenters. The van der Waals surface area contributed by atoms with Gasteiger partial charge in [-0.3, -0.25) is 4.79 Å². The number of aliphatic hydroxyl groups excluding tert-OH is 1. The average Bonchev–Trinajstić information content (AvgIpc) is 3.15. The number of hydrogen-bond acceptors (Lipinski definition) is 5. The number of hydrogen-bond donors (Lipinski definition) is 2. The van der Waals surface area contributed by atoms with Crippen molar-refractivity contribution in [2.75, 3.05) is 19.0 Å². The monoisotopic (exact) mass is 367 g/mol. The zero-order valence-electron chi connectivity index (χ0n) is 15.2. The van der Waals surface area contributed by atoms with Crippen LogP contribution >= 0.6 is 0 Å². The molecule has 2 aromatic carbocycles. The van der Waals surface area contributed by atoms with Crippen LogP contribution in [0.15, 0.2) is 59.0 Å². The summed E-state index contributed by atoms with van der Waals surface area (Å²) in [7, 11) is 1.56. The number of carbonyl (C=O) groups excluding carboxylic acids is 1. The van der Waals surface area contributed by atoms with Crippen molar-refractivity contribution in [3.8, 4) is 22.8 Å². The van der Waals surface area contributed by atoms with Gasteiger partial charge in [0.15, 0.2) is 6.61 Å². The third-order valence-corrected chi connectivity index (χ3v) is 3.93. The Morgan fingerprint density at radius 1 is 1.15 bits per heavy atom. The van der Waals surface area contributed by atoms with Crippen molar-refractivity contribution in [2.45, 2.75) is 13.5 Å². The number of furan rings is 1. The van der Waals surface area contributed by atoms with Crippen LogP contribution in [0.3, 0.4) is 0 Å². The second-order valence-corrected chi connectivity index (χ2v) is 5.99. The van der Waals surface area contributed by atoms with E-state index in [1.807, 2.05) is 25.1 Å². The number of nitrogens with one attached hydrogen (secondary N) is 1. The van der Waals surface area contributed by atoms with Crippen molar-refractivity contribution in [1.82, 2.24) is 0 Å². The molecule has 6 heteroatoms. The fourth-order valence-corrected chi connectivity index (χ4v) is 2.64. The molecule has 0 saturated carbocycles. The number of anilines is 1. The fourth-order valence-electron chi connectivity index (χ4n) is 2.64. The SMILES string of the molecule is COc1ccc(NC(=O)COc2cccc(C)c2)cc1-c1ccc(CO)o1. The molecule has 0 saturated heterocycles. The minimum atomic E-state index is -0.275. The third kappa shape index (κ3) is 4.68. The lowest BCUT2D eigenvalue weighted by atomic mass is 10.1. The number of carbonyl (C=O) groups is 1. The van der Waals surface area contributed by atoms with Gasteiger partial charge >= 0.3 is 0 Å². The molecule has 0 bridgehead atoms. The van der Waals surface area contributed by atoms with Gasteiger partial charge in [0.2, 0.25) is 0 Å². The number of aryl methyl sites for hydroxylation is 1. The second kappa shape index (κ2) is 8.42. The summed E-state index contributed by atoms with van der Waals surface area (Å²) in [6, 6.07) is 16.2. The molecule has 0 fully saturated rings. The smallest absolute Gasteiger partial charge is 0.262 e. The first kappa shape index (κ1) is 18.5. The van der Waals surface area contributed by atoms with Gasteiger partial charge in [0.1, 0.15) is 29.6 Å². The van der Waals surface area contributed by atoms with E-state index in [2.05, 4.69) is 5.32 Å². The molecule has 27 heavy (non-hydrogen) atoms. The predicted octanol–water partition coefficient (Wildman–Crippen LogP) is 3.77. The summed E-state index contributed by atoms with van der Waals surface area (Å²) in [5.74, 6) is 1.97. The summed E-state index contributed by atoms with van der Waals surface area (Å²) in [5.41, 5.74) is 2.33. The number of methoxy groups -OCH3 is 1. The van der Waals surface area contributed by atoms with E-state index in [-0.39, 0.29) is 19.1 Å². The van der Waals surface area contributed by atoms with Crippen molar-refractivity contribution >= 4 is 11.6 Å². The molecular formula is C21H21NO5. The van der Waals surface area contributed by atoms with Crippen molar-refractivity contribution in [3.05, 3.63) is 65.9 Å². The summed E-state index contributed by atoms with van der Waals surface area (Å²) >= 11 is 0. The van der Waals surface area contributed by atoms with Gasteiger partial charge in [-0.1, -0.05) is 12.1 Å². The summed E-state index contributed by atoms with van der Waals surface area (Å²) in [5, 5.41) is 12.0. The van der Waals surface area contributed by atoms with E-state index in [9.17, 15) is 9.90 Å². The van der Waals surface area contributed by atoms with Gasteiger partial charge in [0.25, 0.3) is 5.91 Å². The minimum absolute atomic E-state index is 0.0970. The lowest BCUT2D eigenvalue weighted by Gasteiger charge is -2.11. The zero-order chi connectivity index (χ0) is 19.2. The lowest BCUT2D eigenvalue weighted by molar-refractivity contribution is -0.118. The maximum absolute atomic E-state index is 12.2. The summed E-state index contributed by atoms with van der Waals surface area (Å²) in [6.07, 6.45) is 0. The molecule has 0 aliphatic rings. The van der Waals surface area contributed by atoms with Gasteiger partial charge in [-0.25, -0.2) is 0 Å². The highest BCUT2D eigenvalue weighted by Gasteiger charge is 2.13. The van der Waals surface area contributed by atoms with Gasteiger partial charge in [-0.05, 0) is 55.0 Å². The first-order chi connectivity index (χ1) is 13.1. The first-order valence-electron chi connectivity index (χ1n) is 8.46. The van der Waals surface area contributed by atoms with Gasteiger partial charge in [0, 0.05) is 5.69 Å². The molecule has 1 amide bonds. The molecule has 0 atom stereocenters. The Kier molecular flexibility index (Phi) is 5.78. The molecule has 6 nitrogen and oxygen atoms in total. The normalized spacial score (nSPS) is 10.5. The Labute approximate surface area is 157 Å². The summed E-state index contributed by atoms with van der Waals surface area (Å²) in [4.78, 5) is 12.2. The van der Waals surface area contributed by atoms with Crippen LogP contribution in [0.1, 0.15) is 11.3 Å². The van der Waals surface area contributed by atoms with Gasteiger partial charge in [-0.2, -0.15) is 0 Å². The molecule has 140 valence electrons. The number of rotatable bonds is 7. The Balaban J connectivity index is 1.71. The van der Waals surface area contributed by atoms with E-state index in [4.69, 9.17) is 13.9 Å². The molecule has 1 aromatic heterocycles. The van der Waals surface area contributed by atoms with Crippen LogP contribution in [0.5, 0.6) is 11.5 Å². The van der Waals surface area contributed by atoms with Crippen molar-refractivity contribution in [1.29, 1.82) is 0 Å². The van der Waals surface area contributed by atoms with E-state index in [0.717, 1.165) is 5.56 Å². The van der Waals surface area contributed by atoms with E-state index >= 15 is 0 Å². The molecule has 3 rings (SSSR count). The highest BCUT2D eigenvalue weighted by atomic mass is 16.5. The molecule has 2 N–H and O–H groups in total. The standard InChI is InChI=1S/C21H21NO5/c1-14-4-3-5-16(10-14)26-13-21(24)22-15-6-8-19(25-2)18(11-15)20-9-7-17(12-23)27-20/h3-11,23H,12-13H2,1-2H3,(H,22,24). The Hall–Kier alpha value is -3.25. The highest BCUT2D eigenvalue weighted by molar-refractivity contribution is 5.92. The highest BCUT2D eigenvalue weighted by Crippen LogP contribution is 2.33. The average molecular weight is 367 g/mol. The van der Waals surface area contributed by atoms with E-state index in [1.165, 1.54) is 0 Å². The maximum Gasteiger partial charge on any atom is 0.262 e. The first-order valence-corrected chi connectivity index (χ1v) is 8.46. The summed E-state index contributed by atoms with van der Waals surface area (Å²) in [6.45, 7) is 1.68. The van der Waals surface area contributed by atoms with Gasteiger partial charge < -0.3 is 24.3 Å². The molecule has 3 aromatic rings. The Morgan fingerprint density at radius 3 is 2.70 bits per heavy atom. The van der Waals surface area contributed by atoms with Crippen LogP contribution < -0.4 is 14.8 Å². The Morgan fingerprint density at radius 2 is 2.00 bits per heavy atom. The molecular weight excluding hydrogens is 346 g/mol. The molecule has 1 heterocycles. The topological polar surface area (TPSA) is 80.9 Å². The van der Waals surface area contributed by atoms with Gasteiger partial charge in [-0.15, -0.1) is 0 Å². The van der Waals surface area contributed by atoms with Gasteiger partial charge in [0.05, 0.1) is 12.7 Å². The summed E-state index contributed by atoms with van der Waals surface area (Å²) < 4.78 is 16.4. The second-order valence-electron chi connectivity index (χ2n) is 5.99. The van der Waals surface area contributed by atoms with E-state index in [0.29, 0.717) is 34.3 Å². The number of benzene rings is 2. The van der Waals surface area contributed by atoms with Crippen LogP contribution in [-0.4, -0.2) is 24.7 Å². The lowest BCUT2D eigenvalue weighted by Crippen LogP contribution is -2.20. The third-order valence-electron chi connectivity index (χ3n) is 3.93. The largest absolute Gasteiger partial charge is 0.496 e. The van der Waals surface area contributed by atoms with Crippen LogP contribution in [0, 0.1) is 6.92 Å². The fraction of sp³-hybridized carbons (Fsp3) is 0.190. The van der Waals surface area contributed by atoms with Crippen LogP contribution in [0.4, 0.5) is 5.69 Å². The van der Waals surface area contributed by atoms with Crippen LogP contribution in [-0.2, 0) is 11.4 Å². The molecule has 0 radical (unpaired) electrons. The van der Waals surface area contributed by atoms with Crippen LogP contribution in [0.2, 0.25) is 0 Å². The van der Waals surface area contributed by atoms with E-state index in [1.54, 1.807) is 43.5 Å². The zero-order valence-corrected chi connectivity index (χ0v) is 15.2. The quantitative estimate of drug-likeness (QED) is 0.664. The molecule has 0 spiro atoms. The Bertz CT molecular complexity index is 932. The van der Waals surface area contributed by atoms with Crippen molar-refractivity contribution in [3.63, 3.8) is 0 Å². The molecule has 0 aliphatic heterocycles. The van der Waals surface area contributed by atoms with E-state index < -0.39 is 0 Å². The maximum atomic E-state index is 12.2. The number of ether oxygens (including phenoxy) is 2. The minimum Gasteiger partial charge on any atom is -0.496 e.